The standard InChI is InChI=1S/C11H21NO3S/c1-3-16(13,14)7-4-10(2)8-11-9-15-6-5-12-11/h4,11-12H,3,5-9H2,1-2H3/b10-4-. The van der Waals surface area contributed by atoms with E-state index >= 15 is 0 Å². The molecule has 0 aliphatic carbocycles. The number of ether oxygens (including phenoxy) is 1. The third-order valence-corrected chi connectivity index (χ3v) is 4.25. The molecule has 0 aromatic rings. The highest BCUT2D eigenvalue weighted by atomic mass is 32.2. The fraction of sp³-hybridized carbons (Fsp3) is 0.818. The SMILES string of the molecule is CCS(=O)(=O)C/C=C(/C)CC1COCCN1. The van der Waals surface area contributed by atoms with Gasteiger partial charge in [-0.15, -0.1) is 0 Å². The van der Waals surface area contributed by atoms with Crippen molar-refractivity contribution < 1.29 is 13.2 Å². The smallest absolute Gasteiger partial charge is 0.153 e. The van der Waals surface area contributed by atoms with Gasteiger partial charge in [-0.3, -0.25) is 0 Å². The monoisotopic (exact) mass is 247 g/mol. The van der Waals surface area contributed by atoms with Crippen molar-refractivity contribution in [3.63, 3.8) is 0 Å². The van der Waals surface area contributed by atoms with E-state index in [0.717, 1.165) is 25.1 Å². The molecular formula is C11H21NO3S. The van der Waals surface area contributed by atoms with Gasteiger partial charge in [0.2, 0.25) is 0 Å². The van der Waals surface area contributed by atoms with Crippen molar-refractivity contribution in [3.8, 4) is 0 Å². The topological polar surface area (TPSA) is 55.4 Å². The molecule has 1 aliphatic rings. The van der Waals surface area contributed by atoms with Crippen LogP contribution in [-0.4, -0.2) is 45.7 Å². The fourth-order valence-electron chi connectivity index (χ4n) is 1.61. The van der Waals surface area contributed by atoms with E-state index in [1.807, 2.05) is 13.0 Å². The second kappa shape index (κ2) is 6.37. The summed E-state index contributed by atoms with van der Waals surface area (Å²) in [6.45, 7) is 6.01. The molecule has 1 saturated heterocycles. The van der Waals surface area contributed by atoms with Crippen LogP contribution >= 0.6 is 0 Å². The van der Waals surface area contributed by atoms with E-state index in [1.54, 1.807) is 6.92 Å². The second-order valence-corrected chi connectivity index (χ2v) is 6.58. The Morgan fingerprint density at radius 1 is 1.56 bits per heavy atom. The van der Waals surface area contributed by atoms with Crippen LogP contribution in [0, 0.1) is 0 Å². The highest BCUT2D eigenvalue weighted by Gasteiger charge is 2.13. The van der Waals surface area contributed by atoms with Crippen molar-refractivity contribution in [1.82, 2.24) is 5.32 Å². The Morgan fingerprint density at radius 3 is 2.88 bits per heavy atom. The van der Waals surface area contributed by atoms with E-state index in [-0.39, 0.29) is 11.5 Å². The summed E-state index contributed by atoms with van der Waals surface area (Å²) in [6, 6.07) is 0.328. The Kier molecular flexibility index (Phi) is 5.44. The van der Waals surface area contributed by atoms with Gasteiger partial charge in [-0.25, -0.2) is 8.42 Å². The van der Waals surface area contributed by atoms with Gasteiger partial charge in [0.25, 0.3) is 0 Å². The van der Waals surface area contributed by atoms with E-state index in [2.05, 4.69) is 5.32 Å². The zero-order valence-corrected chi connectivity index (χ0v) is 10.8. The molecule has 16 heavy (non-hydrogen) atoms. The molecular weight excluding hydrogens is 226 g/mol. The van der Waals surface area contributed by atoms with Gasteiger partial charge in [-0.05, 0) is 13.3 Å². The van der Waals surface area contributed by atoms with Crippen LogP contribution in [0.2, 0.25) is 0 Å². The van der Waals surface area contributed by atoms with Gasteiger partial charge in [0.15, 0.2) is 9.84 Å². The van der Waals surface area contributed by atoms with Crippen LogP contribution in [0.4, 0.5) is 0 Å². The lowest BCUT2D eigenvalue weighted by Crippen LogP contribution is -2.41. The van der Waals surface area contributed by atoms with Crippen molar-refractivity contribution in [2.45, 2.75) is 26.3 Å². The predicted octanol–water partition coefficient (Wildman–Crippen LogP) is 0.746. The van der Waals surface area contributed by atoms with Gasteiger partial charge in [-0.1, -0.05) is 18.6 Å². The second-order valence-electron chi connectivity index (χ2n) is 4.18. The first-order chi connectivity index (χ1) is 7.53. The van der Waals surface area contributed by atoms with Crippen LogP contribution in [0.1, 0.15) is 20.3 Å². The number of morpholine rings is 1. The molecule has 0 bridgehead atoms. The Hall–Kier alpha value is -0.390. The average molecular weight is 247 g/mol. The summed E-state index contributed by atoms with van der Waals surface area (Å²) in [5.41, 5.74) is 1.11. The van der Waals surface area contributed by atoms with Crippen LogP contribution < -0.4 is 5.32 Å². The van der Waals surface area contributed by atoms with E-state index < -0.39 is 9.84 Å². The van der Waals surface area contributed by atoms with Crippen molar-refractivity contribution in [2.24, 2.45) is 0 Å². The summed E-state index contributed by atoms with van der Waals surface area (Å²) in [6.07, 6.45) is 2.67. The third kappa shape index (κ3) is 5.09. The number of nitrogens with one attached hydrogen (secondary N) is 1. The molecule has 1 heterocycles. The first-order valence-electron chi connectivity index (χ1n) is 5.70. The van der Waals surface area contributed by atoms with Crippen molar-refractivity contribution >= 4 is 9.84 Å². The van der Waals surface area contributed by atoms with Gasteiger partial charge < -0.3 is 10.1 Å². The maximum atomic E-state index is 11.3. The van der Waals surface area contributed by atoms with Crippen LogP contribution in [0.5, 0.6) is 0 Å². The average Bonchev–Trinajstić information content (AvgIpc) is 2.28. The first kappa shape index (κ1) is 13.7. The summed E-state index contributed by atoms with van der Waals surface area (Å²) >= 11 is 0. The number of hydrogen-bond donors (Lipinski definition) is 1. The Morgan fingerprint density at radius 2 is 2.31 bits per heavy atom. The maximum Gasteiger partial charge on any atom is 0.153 e. The number of hydrogen-bond acceptors (Lipinski definition) is 4. The summed E-state index contributed by atoms with van der Waals surface area (Å²) in [5.74, 6) is 0.366. The Labute approximate surface area is 98.0 Å². The molecule has 0 radical (unpaired) electrons. The van der Waals surface area contributed by atoms with Gasteiger partial charge in [-0.2, -0.15) is 0 Å². The Balaban J connectivity index is 2.38. The highest BCUT2D eigenvalue weighted by molar-refractivity contribution is 7.91. The lowest BCUT2D eigenvalue weighted by atomic mass is 10.1. The van der Waals surface area contributed by atoms with Gasteiger partial charge in [0.1, 0.15) is 0 Å². The summed E-state index contributed by atoms with van der Waals surface area (Å²) < 4.78 is 28.0. The molecule has 0 spiro atoms. The molecule has 0 saturated carbocycles. The molecule has 5 heteroatoms. The molecule has 1 fully saturated rings. The summed E-state index contributed by atoms with van der Waals surface area (Å²) in [4.78, 5) is 0. The zero-order valence-electron chi connectivity index (χ0n) is 10.0. The minimum atomic E-state index is -2.88. The predicted molar refractivity (Wildman–Crippen MR) is 65.3 cm³/mol. The van der Waals surface area contributed by atoms with Crippen LogP contribution in [0.15, 0.2) is 11.6 Å². The quantitative estimate of drug-likeness (QED) is 0.728. The minimum absolute atomic E-state index is 0.156. The third-order valence-electron chi connectivity index (χ3n) is 2.69. The number of rotatable bonds is 5. The molecule has 4 nitrogen and oxygen atoms in total. The van der Waals surface area contributed by atoms with E-state index in [4.69, 9.17) is 4.74 Å². The molecule has 0 aromatic carbocycles. The molecule has 0 amide bonds. The molecule has 1 N–H and O–H groups in total. The van der Waals surface area contributed by atoms with Crippen LogP contribution in [0.3, 0.4) is 0 Å². The van der Waals surface area contributed by atoms with Crippen molar-refractivity contribution in [1.29, 1.82) is 0 Å². The van der Waals surface area contributed by atoms with Crippen LogP contribution in [-0.2, 0) is 14.6 Å². The first-order valence-corrected chi connectivity index (χ1v) is 7.53. The Bertz CT molecular complexity index is 329. The normalized spacial score (nSPS) is 23.4. The van der Waals surface area contributed by atoms with Crippen molar-refractivity contribution in [3.05, 3.63) is 11.6 Å². The largest absolute Gasteiger partial charge is 0.379 e. The molecule has 1 aliphatic heterocycles. The fourth-order valence-corrected chi connectivity index (χ4v) is 2.38. The molecule has 94 valence electrons. The lowest BCUT2D eigenvalue weighted by Gasteiger charge is -2.24. The van der Waals surface area contributed by atoms with E-state index in [0.29, 0.717) is 12.6 Å². The molecule has 1 unspecified atom stereocenters. The summed E-state index contributed by atoms with van der Waals surface area (Å²) in [5, 5.41) is 3.35. The van der Waals surface area contributed by atoms with Crippen molar-refractivity contribution in [2.75, 3.05) is 31.3 Å². The van der Waals surface area contributed by atoms with Gasteiger partial charge in [0, 0.05) is 18.3 Å². The van der Waals surface area contributed by atoms with E-state index in [1.165, 1.54) is 0 Å². The zero-order chi connectivity index (χ0) is 12.0. The van der Waals surface area contributed by atoms with Gasteiger partial charge in [0.05, 0.1) is 19.0 Å². The molecule has 1 rings (SSSR count). The van der Waals surface area contributed by atoms with E-state index in [9.17, 15) is 8.42 Å². The minimum Gasteiger partial charge on any atom is -0.379 e. The maximum absolute atomic E-state index is 11.3. The van der Waals surface area contributed by atoms with Crippen LogP contribution in [0.25, 0.3) is 0 Å². The van der Waals surface area contributed by atoms with Gasteiger partial charge >= 0.3 is 0 Å². The highest BCUT2D eigenvalue weighted by Crippen LogP contribution is 2.08. The molecule has 1 atom stereocenters. The molecule has 0 aromatic heterocycles. The number of sulfone groups is 1. The lowest BCUT2D eigenvalue weighted by molar-refractivity contribution is 0.0770. The summed E-state index contributed by atoms with van der Waals surface area (Å²) in [7, 11) is -2.88.